The molecule has 2 amide bonds. The second kappa shape index (κ2) is 5.56. The standard InChI is InChI=1S/C14H21N5O/c15-13-4-3-12(11-16-13)17-7-9-19(10-8-17)14(20)18-5-1-2-6-18/h3-4,11H,1-2,5-10H2,(H2,15,16). The van der Waals surface area contributed by atoms with Gasteiger partial charge in [0.2, 0.25) is 0 Å². The van der Waals surface area contributed by atoms with Crippen LogP contribution in [0.25, 0.3) is 0 Å². The third-order valence-electron chi connectivity index (χ3n) is 4.06. The van der Waals surface area contributed by atoms with Gasteiger partial charge < -0.3 is 20.4 Å². The summed E-state index contributed by atoms with van der Waals surface area (Å²) in [5.74, 6) is 0.539. The average Bonchev–Trinajstić information content (AvgIpc) is 3.02. The molecule has 2 aliphatic rings. The summed E-state index contributed by atoms with van der Waals surface area (Å²) in [6.07, 6.45) is 4.08. The quantitative estimate of drug-likeness (QED) is 0.830. The van der Waals surface area contributed by atoms with Gasteiger partial charge in [0.25, 0.3) is 0 Å². The summed E-state index contributed by atoms with van der Waals surface area (Å²) in [5, 5.41) is 0. The summed E-state index contributed by atoms with van der Waals surface area (Å²) in [6.45, 7) is 5.09. The zero-order valence-corrected chi connectivity index (χ0v) is 11.7. The Morgan fingerprint density at radius 3 is 2.25 bits per heavy atom. The number of carbonyl (C=O) groups is 1. The van der Waals surface area contributed by atoms with E-state index in [-0.39, 0.29) is 6.03 Å². The van der Waals surface area contributed by atoms with Crippen molar-refractivity contribution in [2.75, 3.05) is 49.9 Å². The SMILES string of the molecule is Nc1ccc(N2CCN(C(=O)N3CCCC3)CC2)cn1. The maximum absolute atomic E-state index is 12.3. The van der Waals surface area contributed by atoms with Crippen LogP contribution in [-0.2, 0) is 0 Å². The highest BCUT2D eigenvalue weighted by Crippen LogP contribution is 2.18. The van der Waals surface area contributed by atoms with Crippen LogP contribution in [0.15, 0.2) is 18.3 Å². The van der Waals surface area contributed by atoms with E-state index in [4.69, 9.17) is 5.73 Å². The van der Waals surface area contributed by atoms with E-state index in [2.05, 4.69) is 9.88 Å². The molecule has 2 N–H and O–H groups in total. The number of hydrogen-bond donors (Lipinski definition) is 1. The molecule has 0 aromatic carbocycles. The van der Waals surface area contributed by atoms with Crippen molar-refractivity contribution in [1.82, 2.24) is 14.8 Å². The number of nitrogens with two attached hydrogens (primary N) is 1. The van der Waals surface area contributed by atoms with Crippen molar-refractivity contribution in [3.63, 3.8) is 0 Å². The van der Waals surface area contributed by atoms with Gasteiger partial charge in [0, 0.05) is 39.3 Å². The number of likely N-dealkylation sites (tertiary alicyclic amines) is 1. The first-order valence-electron chi connectivity index (χ1n) is 7.24. The predicted octanol–water partition coefficient (Wildman–Crippen LogP) is 1.00. The van der Waals surface area contributed by atoms with E-state index in [1.54, 1.807) is 6.20 Å². The minimum Gasteiger partial charge on any atom is -0.384 e. The van der Waals surface area contributed by atoms with Gasteiger partial charge in [0.05, 0.1) is 11.9 Å². The van der Waals surface area contributed by atoms with Crippen LogP contribution in [0.1, 0.15) is 12.8 Å². The Morgan fingerprint density at radius 1 is 1.00 bits per heavy atom. The predicted molar refractivity (Wildman–Crippen MR) is 78.6 cm³/mol. The van der Waals surface area contributed by atoms with Crippen molar-refractivity contribution in [2.45, 2.75) is 12.8 Å². The number of hydrogen-bond acceptors (Lipinski definition) is 4. The zero-order valence-electron chi connectivity index (χ0n) is 11.7. The van der Waals surface area contributed by atoms with Crippen molar-refractivity contribution in [1.29, 1.82) is 0 Å². The number of carbonyl (C=O) groups excluding carboxylic acids is 1. The van der Waals surface area contributed by atoms with Crippen LogP contribution in [0.2, 0.25) is 0 Å². The van der Waals surface area contributed by atoms with E-state index in [9.17, 15) is 4.79 Å². The van der Waals surface area contributed by atoms with Gasteiger partial charge in [0.1, 0.15) is 5.82 Å². The molecule has 108 valence electrons. The van der Waals surface area contributed by atoms with Crippen molar-refractivity contribution < 1.29 is 4.79 Å². The molecule has 3 rings (SSSR count). The smallest absolute Gasteiger partial charge is 0.320 e. The molecule has 2 aliphatic heterocycles. The van der Waals surface area contributed by atoms with Crippen molar-refractivity contribution >= 4 is 17.5 Å². The Morgan fingerprint density at radius 2 is 1.65 bits per heavy atom. The van der Waals surface area contributed by atoms with Crippen LogP contribution in [0.5, 0.6) is 0 Å². The van der Waals surface area contributed by atoms with Crippen LogP contribution in [0, 0.1) is 0 Å². The van der Waals surface area contributed by atoms with E-state index >= 15 is 0 Å². The molecule has 1 aromatic heterocycles. The molecule has 0 saturated carbocycles. The van der Waals surface area contributed by atoms with Crippen molar-refractivity contribution in [2.24, 2.45) is 0 Å². The molecule has 2 fully saturated rings. The molecule has 6 heteroatoms. The number of amides is 2. The molecule has 0 unspecified atom stereocenters. The topological polar surface area (TPSA) is 65.7 Å². The molecule has 1 aromatic rings. The number of anilines is 2. The number of rotatable bonds is 1. The summed E-state index contributed by atoms with van der Waals surface area (Å²) in [5.41, 5.74) is 6.68. The Balaban J connectivity index is 1.56. The molecular weight excluding hydrogens is 254 g/mol. The van der Waals surface area contributed by atoms with Crippen molar-refractivity contribution in [3.8, 4) is 0 Å². The van der Waals surface area contributed by atoms with Crippen LogP contribution in [0.4, 0.5) is 16.3 Å². The van der Waals surface area contributed by atoms with E-state index in [1.165, 1.54) is 0 Å². The molecule has 2 saturated heterocycles. The fraction of sp³-hybridized carbons (Fsp3) is 0.571. The first-order chi connectivity index (χ1) is 9.74. The molecule has 0 bridgehead atoms. The number of aromatic nitrogens is 1. The third-order valence-corrected chi connectivity index (χ3v) is 4.06. The fourth-order valence-electron chi connectivity index (χ4n) is 2.85. The molecular formula is C14H21N5O. The van der Waals surface area contributed by atoms with Gasteiger partial charge in [-0.1, -0.05) is 0 Å². The Kier molecular flexibility index (Phi) is 3.62. The maximum atomic E-state index is 12.3. The normalized spacial score (nSPS) is 19.5. The van der Waals surface area contributed by atoms with Crippen LogP contribution in [-0.4, -0.2) is 60.1 Å². The van der Waals surface area contributed by atoms with Gasteiger partial charge in [-0.3, -0.25) is 0 Å². The highest BCUT2D eigenvalue weighted by molar-refractivity contribution is 5.75. The summed E-state index contributed by atoms with van der Waals surface area (Å²) in [7, 11) is 0. The summed E-state index contributed by atoms with van der Waals surface area (Å²) in [4.78, 5) is 22.6. The van der Waals surface area contributed by atoms with E-state index in [0.717, 1.165) is 57.8 Å². The van der Waals surface area contributed by atoms with Crippen LogP contribution >= 0.6 is 0 Å². The lowest BCUT2D eigenvalue weighted by Gasteiger charge is -2.37. The van der Waals surface area contributed by atoms with Gasteiger partial charge in [-0.25, -0.2) is 9.78 Å². The van der Waals surface area contributed by atoms with Crippen LogP contribution < -0.4 is 10.6 Å². The first kappa shape index (κ1) is 13.0. The summed E-state index contributed by atoms with van der Waals surface area (Å²) < 4.78 is 0. The van der Waals surface area contributed by atoms with E-state index < -0.39 is 0 Å². The highest BCUT2D eigenvalue weighted by Gasteiger charge is 2.26. The van der Waals surface area contributed by atoms with Gasteiger partial charge in [-0.2, -0.15) is 0 Å². The van der Waals surface area contributed by atoms with Gasteiger partial charge >= 0.3 is 6.03 Å². The summed E-state index contributed by atoms with van der Waals surface area (Å²) in [6, 6.07) is 4.01. The minimum absolute atomic E-state index is 0.206. The lowest BCUT2D eigenvalue weighted by molar-refractivity contribution is 0.159. The molecule has 20 heavy (non-hydrogen) atoms. The summed E-state index contributed by atoms with van der Waals surface area (Å²) >= 11 is 0. The molecule has 0 atom stereocenters. The average molecular weight is 275 g/mol. The Hall–Kier alpha value is -1.98. The van der Waals surface area contributed by atoms with Gasteiger partial charge in [0.15, 0.2) is 0 Å². The largest absolute Gasteiger partial charge is 0.384 e. The third kappa shape index (κ3) is 2.64. The van der Waals surface area contributed by atoms with Crippen molar-refractivity contribution in [3.05, 3.63) is 18.3 Å². The van der Waals surface area contributed by atoms with E-state index in [0.29, 0.717) is 5.82 Å². The number of piperazine rings is 1. The molecule has 0 radical (unpaired) electrons. The molecule has 3 heterocycles. The lowest BCUT2D eigenvalue weighted by atomic mass is 10.3. The maximum Gasteiger partial charge on any atom is 0.320 e. The lowest BCUT2D eigenvalue weighted by Crippen LogP contribution is -2.52. The van der Waals surface area contributed by atoms with Gasteiger partial charge in [-0.15, -0.1) is 0 Å². The second-order valence-electron chi connectivity index (χ2n) is 5.39. The van der Waals surface area contributed by atoms with Crippen LogP contribution in [0.3, 0.4) is 0 Å². The number of urea groups is 1. The number of nitrogens with zero attached hydrogens (tertiary/aromatic N) is 4. The molecule has 0 spiro atoms. The Bertz CT molecular complexity index is 461. The van der Waals surface area contributed by atoms with Gasteiger partial charge in [-0.05, 0) is 25.0 Å². The second-order valence-corrected chi connectivity index (χ2v) is 5.39. The highest BCUT2D eigenvalue weighted by atomic mass is 16.2. The molecule has 6 nitrogen and oxygen atoms in total. The minimum atomic E-state index is 0.206. The number of nitrogen functional groups attached to an aromatic ring is 1. The number of pyridine rings is 1. The zero-order chi connectivity index (χ0) is 13.9. The first-order valence-corrected chi connectivity index (χ1v) is 7.24. The monoisotopic (exact) mass is 275 g/mol. The Labute approximate surface area is 119 Å². The van der Waals surface area contributed by atoms with E-state index in [1.807, 2.05) is 21.9 Å². The molecule has 0 aliphatic carbocycles. The fourth-order valence-corrected chi connectivity index (χ4v) is 2.85.